The molecule has 1 aromatic carbocycles. The fourth-order valence-corrected chi connectivity index (χ4v) is 3.15. The normalized spacial score (nSPS) is 20.5. The summed E-state index contributed by atoms with van der Waals surface area (Å²) < 4.78 is 11.1. The Morgan fingerprint density at radius 3 is 2.75 bits per heavy atom. The van der Waals surface area contributed by atoms with Crippen LogP contribution in [0.2, 0.25) is 10.0 Å². The Labute approximate surface area is 151 Å². The van der Waals surface area contributed by atoms with Crippen LogP contribution in [0.5, 0.6) is 0 Å². The molecule has 0 aliphatic carbocycles. The Morgan fingerprint density at radius 2 is 2.08 bits per heavy atom. The topological polar surface area (TPSA) is 55.8 Å². The van der Waals surface area contributed by atoms with Gasteiger partial charge in [-0.25, -0.2) is 0 Å². The van der Waals surface area contributed by atoms with Crippen LogP contribution in [0.1, 0.15) is 30.9 Å². The summed E-state index contributed by atoms with van der Waals surface area (Å²) in [5, 5.41) is 0.996. The van der Waals surface area contributed by atoms with Crippen LogP contribution in [0.3, 0.4) is 0 Å². The summed E-state index contributed by atoms with van der Waals surface area (Å²) in [6.45, 7) is 0.625. The van der Waals surface area contributed by atoms with Crippen molar-refractivity contribution in [1.29, 1.82) is 0 Å². The molecule has 0 unspecified atom stereocenters. The van der Waals surface area contributed by atoms with Gasteiger partial charge in [0.2, 0.25) is 5.91 Å². The Morgan fingerprint density at radius 1 is 1.33 bits per heavy atom. The first-order valence-corrected chi connectivity index (χ1v) is 8.59. The van der Waals surface area contributed by atoms with E-state index in [0.29, 0.717) is 23.1 Å². The molecular weight excluding hydrogens is 353 g/mol. The largest absolute Gasteiger partial charge is 0.465 e. The minimum atomic E-state index is -0.458. The SMILES string of the molecule is CN(C)C(=O)CCOC(=O)[C@@H]1CCCO[C@@H]1c1ccc(Cl)cc1Cl. The summed E-state index contributed by atoms with van der Waals surface area (Å²) in [4.78, 5) is 25.4. The lowest BCUT2D eigenvalue weighted by atomic mass is 9.89. The van der Waals surface area contributed by atoms with Crippen molar-refractivity contribution in [2.75, 3.05) is 27.3 Å². The smallest absolute Gasteiger partial charge is 0.311 e. The molecule has 0 bridgehead atoms. The van der Waals surface area contributed by atoms with Gasteiger partial charge in [0, 0.05) is 36.3 Å². The molecule has 1 heterocycles. The standard InChI is InChI=1S/C17H21Cl2NO4/c1-20(2)15(21)7-9-24-17(22)13-4-3-8-23-16(13)12-6-5-11(18)10-14(12)19/h5-6,10,13,16H,3-4,7-9H2,1-2H3/t13-,16-/m1/s1. The van der Waals surface area contributed by atoms with Crippen molar-refractivity contribution in [3.8, 4) is 0 Å². The van der Waals surface area contributed by atoms with Gasteiger partial charge < -0.3 is 14.4 Å². The first-order chi connectivity index (χ1) is 11.4. The van der Waals surface area contributed by atoms with E-state index in [9.17, 15) is 9.59 Å². The number of hydrogen-bond acceptors (Lipinski definition) is 4. The van der Waals surface area contributed by atoms with Crippen LogP contribution in [0.4, 0.5) is 0 Å². The van der Waals surface area contributed by atoms with Gasteiger partial charge in [-0.3, -0.25) is 9.59 Å². The predicted octanol–water partition coefficient (Wildman–Crippen LogP) is 3.48. The highest BCUT2D eigenvalue weighted by atomic mass is 35.5. The van der Waals surface area contributed by atoms with Gasteiger partial charge >= 0.3 is 5.97 Å². The second kappa shape index (κ2) is 8.70. The second-order valence-corrected chi connectivity index (χ2v) is 6.76. The molecule has 0 saturated carbocycles. The summed E-state index contributed by atoms with van der Waals surface area (Å²) in [6, 6.07) is 5.13. The molecule has 24 heavy (non-hydrogen) atoms. The lowest BCUT2D eigenvalue weighted by Crippen LogP contribution is -2.31. The number of nitrogens with zero attached hydrogens (tertiary/aromatic N) is 1. The van der Waals surface area contributed by atoms with Crippen molar-refractivity contribution in [3.63, 3.8) is 0 Å². The maximum absolute atomic E-state index is 12.4. The number of carbonyl (C=O) groups excluding carboxylic acids is 2. The Hall–Kier alpha value is -1.30. The molecule has 0 spiro atoms. The van der Waals surface area contributed by atoms with E-state index in [-0.39, 0.29) is 24.9 Å². The van der Waals surface area contributed by atoms with Gasteiger partial charge in [0.15, 0.2) is 0 Å². The molecule has 2 rings (SSSR count). The predicted molar refractivity (Wildman–Crippen MR) is 92.1 cm³/mol. The van der Waals surface area contributed by atoms with Gasteiger partial charge in [0.05, 0.1) is 18.4 Å². The summed E-state index contributed by atoms with van der Waals surface area (Å²) in [5.74, 6) is -0.885. The van der Waals surface area contributed by atoms with Crippen LogP contribution in [0, 0.1) is 5.92 Å². The number of carbonyl (C=O) groups is 2. The number of esters is 1. The molecule has 2 atom stereocenters. The average Bonchev–Trinajstić information content (AvgIpc) is 2.54. The van der Waals surface area contributed by atoms with Gasteiger partial charge in [-0.05, 0) is 25.0 Å². The van der Waals surface area contributed by atoms with E-state index in [1.165, 1.54) is 4.90 Å². The molecule has 1 fully saturated rings. The van der Waals surface area contributed by atoms with Crippen molar-refractivity contribution in [2.45, 2.75) is 25.4 Å². The maximum atomic E-state index is 12.4. The van der Waals surface area contributed by atoms with E-state index in [1.54, 1.807) is 32.3 Å². The summed E-state index contributed by atoms with van der Waals surface area (Å²) in [6.07, 6.45) is 1.14. The third-order valence-electron chi connectivity index (χ3n) is 3.95. The lowest BCUT2D eigenvalue weighted by Gasteiger charge is -2.31. The fraction of sp³-hybridized carbons (Fsp3) is 0.529. The van der Waals surface area contributed by atoms with Gasteiger partial charge in [0.25, 0.3) is 0 Å². The van der Waals surface area contributed by atoms with Crippen molar-refractivity contribution in [3.05, 3.63) is 33.8 Å². The molecule has 1 saturated heterocycles. The van der Waals surface area contributed by atoms with Crippen molar-refractivity contribution < 1.29 is 19.1 Å². The molecule has 1 aromatic rings. The summed E-state index contributed by atoms with van der Waals surface area (Å²) >= 11 is 12.2. The third kappa shape index (κ3) is 4.85. The fourth-order valence-electron chi connectivity index (χ4n) is 2.63. The molecule has 132 valence electrons. The molecule has 1 amide bonds. The molecule has 5 nitrogen and oxygen atoms in total. The highest BCUT2D eigenvalue weighted by molar-refractivity contribution is 6.35. The number of hydrogen-bond donors (Lipinski definition) is 0. The maximum Gasteiger partial charge on any atom is 0.311 e. The van der Waals surface area contributed by atoms with Crippen LogP contribution in [0.25, 0.3) is 0 Å². The van der Waals surface area contributed by atoms with E-state index < -0.39 is 12.0 Å². The van der Waals surface area contributed by atoms with Crippen molar-refractivity contribution in [2.24, 2.45) is 5.92 Å². The van der Waals surface area contributed by atoms with E-state index in [4.69, 9.17) is 32.7 Å². The first-order valence-electron chi connectivity index (χ1n) is 7.83. The Balaban J connectivity index is 2.03. The molecule has 0 N–H and O–H groups in total. The zero-order valence-corrected chi connectivity index (χ0v) is 15.3. The van der Waals surface area contributed by atoms with E-state index >= 15 is 0 Å². The highest BCUT2D eigenvalue weighted by Gasteiger charge is 2.35. The second-order valence-electron chi connectivity index (χ2n) is 5.91. The van der Waals surface area contributed by atoms with Crippen LogP contribution in [0.15, 0.2) is 18.2 Å². The summed E-state index contributed by atoms with van der Waals surface area (Å²) in [7, 11) is 3.33. The van der Waals surface area contributed by atoms with Gasteiger partial charge in [-0.2, -0.15) is 0 Å². The molecular formula is C17H21Cl2NO4. The lowest BCUT2D eigenvalue weighted by molar-refractivity contribution is -0.159. The number of amides is 1. The van der Waals surface area contributed by atoms with E-state index in [1.807, 2.05) is 0 Å². The zero-order chi connectivity index (χ0) is 17.7. The van der Waals surface area contributed by atoms with Crippen molar-refractivity contribution >= 4 is 35.1 Å². The molecule has 1 aliphatic rings. The highest BCUT2D eigenvalue weighted by Crippen LogP contribution is 2.38. The van der Waals surface area contributed by atoms with Crippen LogP contribution < -0.4 is 0 Å². The molecule has 1 aliphatic heterocycles. The Bertz CT molecular complexity index is 606. The van der Waals surface area contributed by atoms with Crippen LogP contribution in [-0.4, -0.2) is 44.1 Å². The summed E-state index contributed by atoms with van der Waals surface area (Å²) in [5.41, 5.74) is 0.729. The van der Waals surface area contributed by atoms with Gasteiger partial charge in [-0.15, -0.1) is 0 Å². The van der Waals surface area contributed by atoms with Crippen molar-refractivity contribution in [1.82, 2.24) is 4.90 Å². The van der Waals surface area contributed by atoms with Crippen LogP contribution in [-0.2, 0) is 19.1 Å². The van der Waals surface area contributed by atoms with E-state index in [0.717, 1.165) is 12.0 Å². The minimum absolute atomic E-state index is 0.0629. The average molecular weight is 374 g/mol. The number of benzene rings is 1. The first kappa shape index (κ1) is 19.0. The van der Waals surface area contributed by atoms with E-state index in [2.05, 4.69) is 0 Å². The number of ether oxygens (including phenoxy) is 2. The van der Waals surface area contributed by atoms with Crippen LogP contribution >= 0.6 is 23.2 Å². The Kier molecular flexibility index (Phi) is 6.90. The molecule has 0 aromatic heterocycles. The molecule has 0 radical (unpaired) electrons. The molecule has 7 heteroatoms. The number of halogens is 2. The zero-order valence-electron chi connectivity index (χ0n) is 13.8. The van der Waals surface area contributed by atoms with Gasteiger partial charge in [-0.1, -0.05) is 29.3 Å². The van der Waals surface area contributed by atoms with Gasteiger partial charge in [0.1, 0.15) is 6.61 Å². The number of rotatable bonds is 5. The quantitative estimate of drug-likeness (QED) is 0.741. The third-order valence-corrected chi connectivity index (χ3v) is 4.52. The minimum Gasteiger partial charge on any atom is -0.465 e. The monoisotopic (exact) mass is 373 g/mol.